The SMILES string of the molecule is COc1ccc(C(=O)N2CCCCC2CNC(=O)OC(C)(C)C)cc1OC. The quantitative estimate of drug-likeness (QED) is 0.851. The second-order valence-corrected chi connectivity index (χ2v) is 7.60. The number of likely N-dealkylation sites (tertiary alicyclic amines) is 1. The van der Waals surface area contributed by atoms with Gasteiger partial charge in [0, 0.05) is 24.7 Å². The zero-order valence-corrected chi connectivity index (χ0v) is 16.8. The zero-order chi connectivity index (χ0) is 20.0. The largest absolute Gasteiger partial charge is 0.493 e. The number of alkyl carbamates (subject to hydrolysis) is 1. The highest BCUT2D eigenvalue weighted by Crippen LogP contribution is 2.29. The maximum absolute atomic E-state index is 13.0. The summed E-state index contributed by atoms with van der Waals surface area (Å²) in [5, 5.41) is 2.79. The fourth-order valence-corrected chi connectivity index (χ4v) is 3.13. The number of rotatable bonds is 5. The van der Waals surface area contributed by atoms with Crippen molar-refractivity contribution in [1.29, 1.82) is 0 Å². The predicted octanol–water partition coefficient (Wildman–Crippen LogP) is 3.22. The number of carbonyl (C=O) groups is 2. The second-order valence-electron chi connectivity index (χ2n) is 7.60. The Hall–Kier alpha value is -2.44. The van der Waals surface area contributed by atoms with Crippen LogP contribution < -0.4 is 14.8 Å². The van der Waals surface area contributed by atoms with E-state index in [4.69, 9.17) is 14.2 Å². The molecule has 1 N–H and O–H groups in total. The van der Waals surface area contributed by atoms with E-state index < -0.39 is 11.7 Å². The van der Waals surface area contributed by atoms with Crippen molar-refractivity contribution in [3.8, 4) is 11.5 Å². The molecule has 1 atom stereocenters. The van der Waals surface area contributed by atoms with Crippen molar-refractivity contribution < 1.29 is 23.8 Å². The number of piperidine rings is 1. The van der Waals surface area contributed by atoms with Gasteiger partial charge in [-0.05, 0) is 58.2 Å². The van der Waals surface area contributed by atoms with Crippen LogP contribution in [0.15, 0.2) is 18.2 Å². The number of hydrogen-bond acceptors (Lipinski definition) is 5. The van der Waals surface area contributed by atoms with E-state index in [1.54, 1.807) is 32.4 Å². The smallest absolute Gasteiger partial charge is 0.407 e. The molecular weight excluding hydrogens is 348 g/mol. The first-order chi connectivity index (χ1) is 12.7. The summed E-state index contributed by atoms with van der Waals surface area (Å²) in [5.74, 6) is 1.02. The molecule has 0 saturated carbocycles. The molecule has 0 bridgehead atoms. The van der Waals surface area contributed by atoms with Crippen LogP contribution in [0.4, 0.5) is 4.79 Å². The van der Waals surface area contributed by atoms with Gasteiger partial charge in [0.25, 0.3) is 5.91 Å². The van der Waals surface area contributed by atoms with E-state index in [0.717, 1.165) is 19.3 Å². The van der Waals surface area contributed by atoms with Crippen molar-refractivity contribution in [2.75, 3.05) is 27.3 Å². The summed E-state index contributed by atoms with van der Waals surface area (Å²) in [5.41, 5.74) is -0.0111. The molecule has 0 aromatic heterocycles. The van der Waals surface area contributed by atoms with E-state index in [-0.39, 0.29) is 11.9 Å². The molecule has 7 nitrogen and oxygen atoms in total. The van der Waals surface area contributed by atoms with E-state index in [0.29, 0.717) is 30.2 Å². The van der Waals surface area contributed by atoms with Gasteiger partial charge in [0.05, 0.1) is 14.2 Å². The molecule has 2 amide bonds. The Labute approximate surface area is 161 Å². The summed E-state index contributed by atoms with van der Waals surface area (Å²) in [4.78, 5) is 26.8. The van der Waals surface area contributed by atoms with Crippen LogP contribution in [0.2, 0.25) is 0 Å². The Morgan fingerprint density at radius 3 is 2.48 bits per heavy atom. The van der Waals surface area contributed by atoms with Crippen LogP contribution in [0.1, 0.15) is 50.4 Å². The maximum Gasteiger partial charge on any atom is 0.407 e. The highest BCUT2D eigenvalue weighted by molar-refractivity contribution is 5.95. The maximum atomic E-state index is 13.0. The number of benzene rings is 1. The molecule has 1 unspecified atom stereocenters. The van der Waals surface area contributed by atoms with E-state index in [9.17, 15) is 9.59 Å². The molecule has 0 radical (unpaired) electrons. The summed E-state index contributed by atoms with van der Waals surface area (Å²) >= 11 is 0. The molecule has 27 heavy (non-hydrogen) atoms. The van der Waals surface area contributed by atoms with Crippen LogP contribution in [0.3, 0.4) is 0 Å². The zero-order valence-electron chi connectivity index (χ0n) is 16.8. The van der Waals surface area contributed by atoms with Crippen molar-refractivity contribution in [2.24, 2.45) is 0 Å². The number of hydrogen-bond donors (Lipinski definition) is 1. The molecule has 150 valence electrons. The molecular formula is C20H30N2O5. The molecule has 7 heteroatoms. The van der Waals surface area contributed by atoms with Gasteiger partial charge in [-0.15, -0.1) is 0 Å². The van der Waals surface area contributed by atoms with Crippen LogP contribution in [0.25, 0.3) is 0 Å². The fourth-order valence-electron chi connectivity index (χ4n) is 3.13. The van der Waals surface area contributed by atoms with Gasteiger partial charge in [-0.3, -0.25) is 4.79 Å². The molecule has 1 aromatic carbocycles. The third kappa shape index (κ3) is 5.77. The van der Waals surface area contributed by atoms with Gasteiger partial charge in [-0.25, -0.2) is 4.79 Å². The number of nitrogens with zero attached hydrogens (tertiary/aromatic N) is 1. The minimum atomic E-state index is -0.550. The standard InChI is InChI=1S/C20H30N2O5/c1-20(2,3)27-19(24)21-13-15-8-6-7-11-22(15)18(23)14-9-10-16(25-4)17(12-14)26-5/h9-10,12,15H,6-8,11,13H2,1-5H3,(H,21,24). The van der Waals surface area contributed by atoms with Crippen molar-refractivity contribution in [2.45, 2.75) is 51.7 Å². The molecule has 1 aliphatic rings. The van der Waals surface area contributed by atoms with Gasteiger partial charge in [0.2, 0.25) is 0 Å². The average Bonchev–Trinajstić information content (AvgIpc) is 2.64. The Bertz CT molecular complexity index is 669. The normalized spacial score (nSPS) is 17.2. The summed E-state index contributed by atoms with van der Waals surface area (Å²) in [6.07, 6.45) is 2.35. The second kappa shape index (κ2) is 8.97. The van der Waals surface area contributed by atoms with Gasteiger partial charge in [-0.1, -0.05) is 0 Å². The fraction of sp³-hybridized carbons (Fsp3) is 0.600. The molecule has 0 spiro atoms. The Morgan fingerprint density at radius 1 is 1.15 bits per heavy atom. The molecule has 1 heterocycles. The van der Waals surface area contributed by atoms with E-state index in [1.807, 2.05) is 25.7 Å². The summed E-state index contributed by atoms with van der Waals surface area (Å²) in [7, 11) is 3.10. The summed E-state index contributed by atoms with van der Waals surface area (Å²) in [6.45, 7) is 6.49. The van der Waals surface area contributed by atoms with Crippen molar-refractivity contribution in [3.63, 3.8) is 0 Å². The van der Waals surface area contributed by atoms with Crippen LogP contribution >= 0.6 is 0 Å². The third-order valence-corrected chi connectivity index (χ3v) is 4.40. The lowest BCUT2D eigenvalue weighted by molar-refractivity contribution is 0.0462. The predicted molar refractivity (Wildman–Crippen MR) is 102 cm³/mol. The first-order valence-electron chi connectivity index (χ1n) is 9.25. The minimum Gasteiger partial charge on any atom is -0.493 e. The van der Waals surface area contributed by atoms with Crippen molar-refractivity contribution in [1.82, 2.24) is 10.2 Å². The molecule has 1 fully saturated rings. The number of methoxy groups -OCH3 is 2. The lowest BCUT2D eigenvalue weighted by Gasteiger charge is -2.36. The topological polar surface area (TPSA) is 77.1 Å². The lowest BCUT2D eigenvalue weighted by Crippen LogP contribution is -2.50. The van der Waals surface area contributed by atoms with E-state index in [1.165, 1.54) is 0 Å². The van der Waals surface area contributed by atoms with Crippen LogP contribution in [0, 0.1) is 0 Å². The average molecular weight is 378 g/mol. The summed E-state index contributed by atoms with van der Waals surface area (Å²) < 4.78 is 15.8. The molecule has 1 saturated heterocycles. The number of ether oxygens (including phenoxy) is 3. The van der Waals surface area contributed by atoms with Gasteiger partial charge in [0.1, 0.15) is 5.60 Å². The van der Waals surface area contributed by atoms with Crippen molar-refractivity contribution >= 4 is 12.0 Å². The molecule has 0 aliphatic carbocycles. The Kier molecular flexibility index (Phi) is 6.93. The highest BCUT2D eigenvalue weighted by atomic mass is 16.6. The number of amides is 2. The lowest BCUT2D eigenvalue weighted by atomic mass is 10.0. The van der Waals surface area contributed by atoms with Crippen LogP contribution in [-0.2, 0) is 4.74 Å². The third-order valence-electron chi connectivity index (χ3n) is 4.40. The first-order valence-corrected chi connectivity index (χ1v) is 9.25. The van der Waals surface area contributed by atoms with Gasteiger partial charge in [-0.2, -0.15) is 0 Å². The highest BCUT2D eigenvalue weighted by Gasteiger charge is 2.29. The van der Waals surface area contributed by atoms with Gasteiger partial charge >= 0.3 is 6.09 Å². The van der Waals surface area contributed by atoms with Crippen LogP contribution in [-0.4, -0.2) is 55.9 Å². The van der Waals surface area contributed by atoms with Crippen LogP contribution in [0.5, 0.6) is 11.5 Å². The Balaban J connectivity index is 2.07. The molecule has 2 rings (SSSR count). The monoisotopic (exact) mass is 378 g/mol. The van der Waals surface area contributed by atoms with E-state index in [2.05, 4.69) is 5.32 Å². The summed E-state index contributed by atoms with van der Waals surface area (Å²) in [6, 6.07) is 5.08. The molecule has 1 aromatic rings. The van der Waals surface area contributed by atoms with Crippen molar-refractivity contribution in [3.05, 3.63) is 23.8 Å². The Morgan fingerprint density at radius 2 is 1.85 bits per heavy atom. The van der Waals surface area contributed by atoms with E-state index >= 15 is 0 Å². The van der Waals surface area contributed by atoms with Gasteiger partial charge < -0.3 is 24.4 Å². The first kappa shape index (κ1) is 20.9. The van der Waals surface area contributed by atoms with Gasteiger partial charge in [0.15, 0.2) is 11.5 Å². The number of carbonyl (C=O) groups excluding carboxylic acids is 2. The number of nitrogens with one attached hydrogen (secondary N) is 1. The molecule has 1 aliphatic heterocycles. The minimum absolute atomic E-state index is 0.0631.